The number of likely N-dealkylation sites (tertiary alicyclic amines) is 1. The van der Waals surface area contributed by atoms with Gasteiger partial charge in [-0.2, -0.15) is 0 Å². The highest BCUT2D eigenvalue weighted by Crippen LogP contribution is 2.37. The predicted octanol–water partition coefficient (Wildman–Crippen LogP) is 0.464. The summed E-state index contributed by atoms with van der Waals surface area (Å²) in [6.07, 6.45) is 0. The molecule has 2 atom stereocenters. The van der Waals surface area contributed by atoms with Crippen LogP contribution in [0.5, 0.6) is 0 Å². The first-order chi connectivity index (χ1) is 12.3. The SMILES string of the molecule is COC(=O)C(=C(C)CN)N1C(=O)[C@H](N2C(=O)c3ccccc3C2=O)[C@H]1Cl. The van der Waals surface area contributed by atoms with Crippen LogP contribution in [0, 0.1) is 0 Å². The van der Waals surface area contributed by atoms with Crippen LogP contribution in [0.15, 0.2) is 35.5 Å². The molecule has 0 saturated carbocycles. The zero-order chi connectivity index (χ0) is 19.2. The van der Waals surface area contributed by atoms with Crippen LogP contribution in [0.4, 0.5) is 0 Å². The zero-order valence-electron chi connectivity index (χ0n) is 14.1. The molecule has 0 spiro atoms. The molecule has 2 aliphatic rings. The summed E-state index contributed by atoms with van der Waals surface area (Å²) in [7, 11) is 1.17. The quantitative estimate of drug-likeness (QED) is 0.204. The Kier molecular flexibility index (Phi) is 4.55. The van der Waals surface area contributed by atoms with Gasteiger partial charge < -0.3 is 10.5 Å². The molecule has 0 unspecified atom stereocenters. The van der Waals surface area contributed by atoms with E-state index in [1.807, 2.05) is 0 Å². The topological polar surface area (TPSA) is 110 Å². The van der Waals surface area contributed by atoms with Crippen LogP contribution in [-0.4, -0.2) is 58.7 Å². The molecule has 3 rings (SSSR count). The number of nitrogens with two attached hydrogens (primary N) is 1. The standard InChI is InChI=1S/C17H16ClN3O5/c1-8(7-19)11(17(25)26-2)20-13(18)12(16(20)24)21-14(22)9-5-3-4-6-10(9)15(21)23/h3-6,12-13H,7,19H2,1-2H3/t12-,13+/m1/s1. The molecule has 1 aromatic carbocycles. The molecule has 3 amide bonds. The second kappa shape index (κ2) is 6.54. The van der Waals surface area contributed by atoms with Gasteiger partial charge in [0.2, 0.25) is 0 Å². The number of methoxy groups -OCH3 is 1. The van der Waals surface area contributed by atoms with Crippen LogP contribution in [0.1, 0.15) is 27.6 Å². The Morgan fingerprint density at radius 3 is 2.15 bits per heavy atom. The van der Waals surface area contributed by atoms with Crippen molar-refractivity contribution in [2.75, 3.05) is 13.7 Å². The number of ether oxygens (including phenoxy) is 1. The molecular formula is C17H16ClN3O5. The van der Waals surface area contributed by atoms with Gasteiger partial charge in [-0.1, -0.05) is 23.7 Å². The van der Waals surface area contributed by atoms with Gasteiger partial charge in [0, 0.05) is 6.54 Å². The smallest absolute Gasteiger partial charge is 0.354 e. The van der Waals surface area contributed by atoms with E-state index >= 15 is 0 Å². The fraction of sp³-hybridized carbons (Fsp3) is 0.294. The van der Waals surface area contributed by atoms with E-state index < -0.39 is 35.2 Å². The van der Waals surface area contributed by atoms with E-state index in [-0.39, 0.29) is 23.4 Å². The summed E-state index contributed by atoms with van der Waals surface area (Å²) in [5, 5.41) is 0. The second-order valence-electron chi connectivity index (χ2n) is 5.88. The Balaban J connectivity index is 1.93. The molecule has 26 heavy (non-hydrogen) atoms. The van der Waals surface area contributed by atoms with Gasteiger partial charge in [0.05, 0.1) is 18.2 Å². The fourth-order valence-electron chi connectivity index (χ4n) is 3.04. The van der Waals surface area contributed by atoms with Crippen molar-refractivity contribution in [2.24, 2.45) is 5.73 Å². The van der Waals surface area contributed by atoms with Crippen LogP contribution in [-0.2, 0) is 14.3 Å². The number of amides is 3. The number of benzene rings is 1. The number of imide groups is 1. The van der Waals surface area contributed by atoms with Crippen LogP contribution in [0.3, 0.4) is 0 Å². The summed E-state index contributed by atoms with van der Waals surface area (Å²) in [6, 6.07) is 5.08. The molecular weight excluding hydrogens is 362 g/mol. The van der Waals surface area contributed by atoms with Gasteiger partial charge in [0.15, 0.2) is 6.04 Å². The third-order valence-electron chi connectivity index (χ3n) is 4.43. The van der Waals surface area contributed by atoms with E-state index in [1.54, 1.807) is 19.1 Å². The van der Waals surface area contributed by atoms with Crippen LogP contribution >= 0.6 is 11.6 Å². The van der Waals surface area contributed by atoms with Crippen molar-refractivity contribution in [3.8, 4) is 0 Å². The van der Waals surface area contributed by atoms with Gasteiger partial charge in [0.25, 0.3) is 17.7 Å². The Labute approximate surface area is 154 Å². The number of esters is 1. The van der Waals surface area contributed by atoms with E-state index in [1.165, 1.54) is 19.2 Å². The monoisotopic (exact) mass is 377 g/mol. The molecule has 1 fully saturated rings. The van der Waals surface area contributed by atoms with Crippen molar-refractivity contribution < 1.29 is 23.9 Å². The predicted molar refractivity (Wildman–Crippen MR) is 91.0 cm³/mol. The van der Waals surface area contributed by atoms with Gasteiger partial charge in [-0.3, -0.25) is 24.2 Å². The van der Waals surface area contributed by atoms with Crippen molar-refractivity contribution in [1.29, 1.82) is 0 Å². The minimum Gasteiger partial charge on any atom is -0.464 e. The number of hydrogen-bond acceptors (Lipinski definition) is 6. The van der Waals surface area contributed by atoms with E-state index in [0.29, 0.717) is 5.57 Å². The maximum atomic E-state index is 12.7. The highest BCUT2D eigenvalue weighted by atomic mass is 35.5. The zero-order valence-corrected chi connectivity index (χ0v) is 14.8. The third-order valence-corrected chi connectivity index (χ3v) is 4.87. The lowest BCUT2D eigenvalue weighted by molar-refractivity contribution is -0.153. The number of halogens is 1. The van der Waals surface area contributed by atoms with Gasteiger partial charge in [0.1, 0.15) is 11.2 Å². The first kappa shape index (κ1) is 18.1. The van der Waals surface area contributed by atoms with E-state index in [4.69, 9.17) is 22.1 Å². The van der Waals surface area contributed by atoms with E-state index in [9.17, 15) is 19.2 Å². The summed E-state index contributed by atoms with van der Waals surface area (Å²) in [4.78, 5) is 51.7. The van der Waals surface area contributed by atoms with Crippen molar-refractivity contribution in [3.63, 3.8) is 0 Å². The summed E-state index contributed by atoms with van der Waals surface area (Å²) in [5.74, 6) is -2.60. The second-order valence-corrected chi connectivity index (χ2v) is 6.32. The van der Waals surface area contributed by atoms with Gasteiger partial charge in [-0.05, 0) is 24.6 Å². The first-order valence-electron chi connectivity index (χ1n) is 7.77. The van der Waals surface area contributed by atoms with Gasteiger partial charge in [-0.25, -0.2) is 4.79 Å². The van der Waals surface area contributed by atoms with E-state index in [2.05, 4.69) is 0 Å². The molecule has 2 aliphatic heterocycles. The highest BCUT2D eigenvalue weighted by molar-refractivity contribution is 6.30. The molecule has 9 heteroatoms. The molecule has 2 N–H and O–H groups in total. The maximum absolute atomic E-state index is 12.7. The number of β-lactam (4-membered cyclic amide) rings is 1. The third kappa shape index (κ3) is 2.41. The number of carbonyl (C=O) groups is 4. The molecule has 136 valence electrons. The Hall–Kier alpha value is -2.71. The van der Waals surface area contributed by atoms with Gasteiger partial charge >= 0.3 is 5.97 Å². The van der Waals surface area contributed by atoms with Crippen LogP contribution in [0.25, 0.3) is 0 Å². The van der Waals surface area contributed by atoms with Crippen molar-refractivity contribution in [3.05, 3.63) is 46.7 Å². The van der Waals surface area contributed by atoms with Crippen molar-refractivity contribution >= 4 is 35.3 Å². The van der Waals surface area contributed by atoms with Crippen molar-refractivity contribution in [1.82, 2.24) is 9.80 Å². The normalized spacial score (nSPS) is 22.8. The average molecular weight is 378 g/mol. The Morgan fingerprint density at radius 2 is 1.73 bits per heavy atom. The van der Waals surface area contributed by atoms with Crippen LogP contribution < -0.4 is 5.73 Å². The summed E-state index contributed by atoms with van der Waals surface area (Å²) >= 11 is 6.30. The van der Waals surface area contributed by atoms with E-state index in [0.717, 1.165) is 9.80 Å². The number of hydrogen-bond donors (Lipinski definition) is 1. The molecule has 0 bridgehead atoms. The number of alkyl halides is 1. The number of rotatable bonds is 4. The summed E-state index contributed by atoms with van der Waals surface area (Å²) in [5.41, 5.74) is 5.23. The maximum Gasteiger partial charge on any atom is 0.354 e. The fourth-order valence-corrected chi connectivity index (χ4v) is 3.45. The average Bonchev–Trinajstić information content (AvgIpc) is 2.90. The number of carbonyl (C=O) groups excluding carboxylic acids is 4. The Bertz CT molecular complexity index is 831. The molecule has 0 radical (unpaired) electrons. The summed E-state index contributed by atoms with van der Waals surface area (Å²) in [6.45, 7) is 1.58. The molecule has 0 aromatic heterocycles. The lowest BCUT2D eigenvalue weighted by Crippen LogP contribution is -2.69. The van der Waals surface area contributed by atoms with Gasteiger partial charge in [-0.15, -0.1) is 0 Å². The van der Waals surface area contributed by atoms with Crippen molar-refractivity contribution in [2.45, 2.75) is 18.5 Å². The highest BCUT2D eigenvalue weighted by Gasteiger charge is 2.57. The lowest BCUT2D eigenvalue weighted by Gasteiger charge is -2.46. The molecule has 2 heterocycles. The largest absolute Gasteiger partial charge is 0.464 e. The lowest BCUT2D eigenvalue weighted by atomic mass is 10.0. The molecule has 0 aliphatic carbocycles. The molecule has 1 aromatic rings. The number of fused-ring (bicyclic) bond motifs is 1. The molecule has 8 nitrogen and oxygen atoms in total. The summed E-state index contributed by atoms with van der Waals surface area (Å²) < 4.78 is 4.69. The minimum absolute atomic E-state index is 0.00943. The Morgan fingerprint density at radius 1 is 1.19 bits per heavy atom. The number of nitrogens with zero attached hydrogens (tertiary/aromatic N) is 2. The molecule has 1 saturated heterocycles. The first-order valence-corrected chi connectivity index (χ1v) is 8.21. The minimum atomic E-state index is -1.20. The van der Waals surface area contributed by atoms with Crippen LogP contribution in [0.2, 0.25) is 0 Å².